The first kappa shape index (κ1) is 21.1. The molecule has 1 atom stereocenters. The van der Waals surface area contributed by atoms with Gasteiger partial charge >= 0.3 is 5.97 Å². The molecular weight excluding hydrogens is 358 g/mol. The Morgan fingerprint density at radius 1 is 1.04 bits per heavy atom. The van der Waals surface area contributed by atoms with Crippen molar-refractivity contribution < 1.29 is 19.5 Å². The largest absolute Gasteiger partial charge is 0.480 e. The Labute approximate surface area is 167 Å². The van der Waals surface area contributed by atoms with E-state index in [0.29, 0.717) is 18.3 Å². The SMILES string of the molecule is CC(NC(=O)CC1CCCCC1)C(=O)NC1CC(N(CC(=O)O)CC2CC2)C1. The van der Waals surface area contributed by atoms with Gasteiger partial charge in [-0.3, -0.25) is 19.3 Å². The van der Waals surface area contributed by atoms with E-state index in [2.05, 4.69) is 15.5 Å². The van der Waals surface area contributed by atoms with Crippen molar-refractivity contribution in [2.45, 2.75) is 89.3 Å². The quantitative estimate of drug-likeness (QED) is 0.527. The Bertz CT molecular complexity index is 566. The van der Waals surface area contributed by atoms with Gasteiger partial charge in [0.2, 0.25) is 11.8 Å². The van der Waals surface area contributed by atoms with Crippen LogP contribution in [0.1, 0.15) is 71.1 Å². The molecule has 3 saturated carbocycles. The Hall–Kier alpha value is -1.63. The van der Waals surface area contributed by atoms with Gasteiger partial charge in [-0.1, -0.05) is 19.3 Å². The topological polar surface area (TPSA) is 98.7 Å². The van der Waals surface area contributed by atoms with Crippen LogP contribution in [0.3, 0.4) is 0 Å². The molecule has 0 saturated heterocycles. The lowest BCUT2D eigenvalue weighted by Crippen LogP contribution is -2.57. The lowest BCUT2D eigenvalue weighted by Gasteiger charge is -2.43. The standard InChI is InChI=1S/C21H35N3O4/c1-14(22-19(25)9-15-5-3-2-4-6-15)21(28)23-17-10-18(11-17)24(13-20(26)27)12-16-7-8-16/h14-18H,2-13H2,1H3,(H,22,25)(H,23,28)(H,26,27). The van der Waals surface area contributed by atoms with Crippen LogP contribution in [-0.2, 0) is 14.4 Å². The minimum absolute atomic E-state index is 0.0295. The molecule has 3 N–H and O–H groups in total. The summed E-state index contributed by atoms with van der Waals surface area (Å²) in [6, 6.07) is -0.222. The Morgan fingerprint density at radius 3 is 2.32 bits per heavy atom. The van der Waals surface area contributed by atoms with E-state index in [1.807, 2.05) is 0 Å². The van der Waals surface area contributed by atoms with Crippen LogP contribution < -0.4 is 10.6 Å². The minimum atomic E-state index is -0.789. The number of carboxylic acid groups (broad SMARTS) is 1. The van der Waals surface area contributed by atoms with E-state index >= 15 is 0 Å². The Balaban J connectivity index is 1.35. The zero-order valence-corrected chi connectivity index (χ0v) is 17.0. The molecule has 3 aliphatic carbocycles. The van der Waals surface area contributed by atoms with Crippen LogP contribution >= 0.6 is 0 Å². The third-order valence-corrected chi connectivity index (χ3v) is 6.47. The number of nitrogens with zero attached hydrogens (tertiary/aromatic N) is 1. The third-order valence-electron chi connectivity index (χ3n) is 6.47. The average Bonchev–Trinajstić information content (AvgIpc) is 3.41. The van der Waals surface area contributed by atoms with E-state index < -0.39 is 12.0 Å². The van der Waals surface area contributed by atoms with E-state index in [9.17, 15) is 14.4 Å². The van der Waals surface area contributed by atoms with Crippen LogP contribution in [0.15, 0.2) is 0 Å². The van der Waals surface area contributed by atoms with E-state index in [-0.39, 0.29) is 30.4 Å². The van der Waals surface area contributed by atoms with Gasteiger partial charge in [-0.05, 0) is 57.3 Å². The van der Waals surface area contributed by atoms with Gasteiger partial charge in [0.15, 0.2) is 0 Å². The first-order valence-corrected chi connectivity index (χ1v) is 11.0. The number of amides is 2. The number of hydrogen-bond donors (Lipinski definition) is 3. The first-order valence-electron chi connectivity index (χ1n) is 11.0. The van der Waals surface area contributed by atoms with Gasteiger partial charge in [-0.2, -0.15) is 0 Å². The zero-order valence-electron chi connectivity index (χ0n) is 17.0. The van der Waals surface area contributed by atoms with Crippen molar-refractivity contribution >= 4 is 17.8 Å². The Kier molecular flexibility index (Phi) is 7.32. The molecular formula is C21H35N3O4. The molecule has 0 aromatic rings. The number of carbonyl (C=O) groups excluding carboxylic acids is 2. The van der Waals surface area contributed by atoms with Crippen LogP contribution in [0.5, 0.6) is 0 Å². The number of carbonyl (C=O) groups is 3. The maximum absolute atomic E-state index is 12.4. The van der Waals surface area contributed by atoms with Crippen molar-refractivity contribution in [1.82, 2.24) is 15.5 Å². The van der Waals surface area contributed by atoms with Crippen molar-refractivity contribution in [2.75, 3.05) is 13.1 Å². The summed E-state index contributed by atoms with van der Waals surface area (Å²) in [6.45, 7) is 2.66. The summed E-state index contributed by atoms with van der Waals surface area (Å²) >= 11 is 0. The van der Waals surface area contributed by atoms with Crippen LogP contribution in [-0.4, -0.2) is 59.0 Å². The van der Waals surface area contributed by atoms with Gasteiger partial charge in [-0.25, -0.2) is 0 Å². The maximum Gasteiger partial charge on any atom is 0.317 e. The zero-order chi connectivity index (χ0) is 20.1. The Morgan fingerprint density at radius 2 is 1.71 bits per heavy atom. The minimum Gasteiger partial charge on any atom is -0.480 e. The second-order valence-electron chi connectivity index (χ2n) is 9.09. The number of rotatable bonds is 10. The fraction of sp³-hybridized carbons (Fsp3) is 0.857. The smallest absolute Gasteiger partial charge is 0.317 e. The number of hydrogen-bond acceptors (Lipinski definition) is 4. The van der Waals surface area contributed by atoms with Gasteiger partial charge < -0.3 is 15.7 Å². The summed E-state index contributed by atoms with van der Waals surface area (Å²) in [5.74, 6) is 0.142. The van der Waals surface area contributed by atoms with Crippen molar-refractivity contribution in [1.29, 1.82) is 0 Å². The van der Waals surface area contributed by atoms with Crippen LogP contribution in [0.4, 0.5) is 0 Å². The molecule has 3 aliphatic rings. The van der Waals surface area contributed by atoms with Crippen LogP contribution in [0.25, 0.3) is 0 Å². The molecule has 0 aromatic heterocycles. The normalized spacial score (nSPS) is 26.4. The van der Waals surface area contributed by atoms with Gasteiger partial charge in [0.25, 0.3) is 0 Å². The highest BCUT2D eigenvalue weighted by atomic mass is 16.4. The highest BCUT2D eigenvalue weighted by Crippen LogP contribution is 2.33. The molecule has 3 fully saturated rings. The molecule has 7 heteroatoms. The van der Waals surface area contributed by atoms with Gasteiger partial charge in [0.1, 0.15) is 6.04 Å². The number of nitrogens with one attached hydrogen (secondary N) is 2. The van der Waals surface area contributed by atoms with Gasteiger partial charge in [0, 0.05) is 25.0 Å². The number of aliphatic carboxylic acids is 1. The lowest BCUT2D eigenvalue weighted by atomic mass is 9.85. The molecule has 0 bridgehead atoms. The third kappa shape index (κ3) is 6.47. The summed E-state index contributed by atoms with van der Waals surface area (Å²) in [7, 11) is 0. The van der Waals surface area contributed by atoms with Gasteiger partial charge in [0.05, 0.1) is 6.54 Å². The fourth-order valence-electron chi connectivity index (χ4n) is 4.50. The van der Waals surface area contributed by atoms with Crippen molar-refractivity contribution in [2.24, 2.45) is 11.8 Å². The maximum atomic E-state index is 12.4. The molecule has 2 amide bonds. The molecule has 0 radical (unpaired) electrons. The molecule has 0 spiro atoms. The van der Waals surface area contributed by atoms with E-state index in [4.69, 9.17) is 5.11 Å². The second-order valence-corrected chi connectivity index (χ2v) is 9.09. The molecule has 0 aromatic carbocycles. The van der Waals surface area contributed by atoms with Crippen LogP contribution in [0.2, 0.25) is 0 Å². The summed E-state index contributed by atoms with van der Waals surface area (Å²) in [5.41, 5.74) is 0. The first-order chi connectivity index (χ1) is 13.4. The number of carboxylic acids is 1. The van der Waals surface area contributed by atoms with Crippen molar-refractivity contribution in [3.05, 3.63) is 0 Å². The van der Waals surface area contributed by atoms with E-state index in [1.54, 1.807) is 6.92 Å². The monoisotopic (exact) mass is 393 g/mol. The molecule has 0 heterocycles. The fourth-order valence-corrected chi connectivity index (χ4v) is 4.50. The van der Waals surface area contributed by atoms with E-state index in [1.165, 1.54) is 32.1 Å². The second kappa shape index (κ2) is 9.72. The molecule has 7 nitrogen and oxygen atoms in total. The highest BCUT2D eigenvalue weighted by Gasteiger charge is 2.38. The highest BCUT2D eigenvalue weighted by molar-refractivity contribution is 5.87. The predicted molar refractivity (Wildman–Crippen MR) is 106 cm³/mol. The van der Waals surface area contributed by atoms with Gasteiger partial charge in [-0.15, -0.1) is 0 Å². The molecule has 1 unspecified atom stereocenters. The molecule has 158 valence electrons. The predicted octanol–water partition coefficient (Wildman–Crippen LogP) is 1.91. The van der Waals surface area contributed by atoms with E-state index in [0.717, 1.165) is 32.2 Å². The van der Waals surface area contributed by atoms with Crippen molar-refractivity contribution in [3.63, 3.8) is 0 Å². The molecule has 3 rings (SSSR count). The molecule has 28 heavy (non-hydrogen) atoms. The molecule has 0 aliphatic heterocycles. The van der Waals surface area contributed by atoms with Crippen molar-refractivity contribution in [3.8, 4) is 0 Å². The average molecular weight is 394 g/mol. The summed E-state index contributed by atoms with van der Waals surface area (Å²) in [6.07, 6.45) is 10.4. The van der Waals surface area contributed by atoms with Crippen LogP contribution in [0, 0.1) is 11.8 Å². The summed E-state index contributed by atoms with van der Waals surface area (Å²) in [5, 5.41) is 15.0. The summed E-state index contributed by atoms with van der Waals surface area (Å²) < 4.78 is 0. The summed E-state index contributed by atoms with van der Waals surface area (Å²) in [4.78, 5) is 37.7. The lowest BCUT2D eigenvalue weighted by molar-refractivity contribution is -0.140.